The van der Waals surface area contributed by atoms with Gasteiger partial charge in [0.2, 0.25) is 0 Å². The van der Waals surface area contributed by atoms with Gasteiger partial charge in [-0.05, 0) is 163 Å². The van der Waals surface area contributed by atoms with Gasteiger partial charge in [-0.15, -0.1) is 0 Å². The van der Waals surface area contributed by atoms with Crippen LogP contribution >= 0.6 is 0 Å². The van der Waals surface area contributed by atoms with Crippen LogP contribution in [0.1, 0.15) is 93.3 Å². The molecule has 0 unspecified atom stereocenters. The summed E-state index contributed by atoms with van der Waals surface area (Å²) in [4.78, 5) is 101. The van der Waals surface area contributed by atoms with E-state index in [9.17, 15) is 38.4 Å². The number of aldehydes is 1. The molecule has 2 fully saturated rings. The highest BCUT2D eigenvalue weighted by Gasteiger charge is 2.32. The van der Waals surface area contributed by atoms with E-state index in [4.69, 9.17) is 37.9 Å². The molecule has 0 radical (unpaired) electrons. The molecular formula is C72H83N5O16. The lowest BCUT2D eigenvalue weighted by Gasteiger charge is -2.39. The Morgan fingerprint density at radius 2 is 1.01 bits per heavy atom. The molecule has 492 valence electrons. The lowest BCUT2D eigenvalue weighted by Crippen LogP contribution is -2.49. The van der Waals surface area contributed by atoms with Crippen LogP contribution < -0.4 is 26.2 Å². The van der Waals surface area contributed by atoms with Gasteiger partial charge in [0.05, 0.1) is 62.7 Å². The number of esters is 3. The molecule has 0 atom stereocenters. The number of carbonyl (C=O) groups is 5. The maximum Gasteiger partial charge on any atom is 0.410 e. The third kappa shape index (κ3) is 19.1. The number of hydrogen-bond donors (Lipinski definition) is 0. The molecule has 7 aromatic rings. The summed E-state index contributed by atoms with van der Waals surface area (Å²) in [5.74, 6) is 0.0899. The van der Waals surface area contributed by atoms with Gasteiger partial charge in [0.1, 0.15) is 25.1 Å². The summed E-state index contributed by atoms with van der Waals surface area (Å²) in [6.45, 7) is 23.3. The van der Waals surface area contributed by atoms with E-state index in [0.717, 1.165) is 81.1 Å². The third-order valence-electron chi connectivity index (χ3n) is 15.5. The van der Waals surface area contributed by atoms with Crippen LogP contribution in [0.15, 0.2) is 124 Å². The Labute approximate surface area is 540 Å². The molecule has 10 rings (SSSR count). The number of benzene rings is 4. The SMILES string of the molecule is CCOC(=O)/C=C/c1cc(=O)n(CC2OCCO2)c2cc(C)ccc12.CCOC(=O)/C=C/c1cc(=O)n(CC=O)c2cc(C)ccc12.CCOC(=O)/C=C/c1cc(=O)n(CCN2CCC(N(Cc3ccc4c(c3)OCCO4)C(=O)OC(C)(C)C)CC2)c2cc(C)ccc12. The lowest BCUT2D eigenvalue weighted by atomic mass is 10.0. The largest absolute Gasteiger partial charge is 0.486 e. The van der Waals surface area contributed by atoms with Crippen LogP contribution in [0.25, 0.3) is 50.9 Å². The number of rotatable bonds is 19. The van der Waals surface area contributed by atoms with E-state index in [1.807, 2.05) is 124 Å². The Morgan fingerprint density at radius 1 is 0.559 bits per heavy atom. The molecule has 2 saturated heterocycles. The topological polar surface area (TPSA) is 232 Å². The minimum Gasteiger partial charge on any atom is -0.486 e. The molecule has 0 spiro atoms. The van der Waals surface area contributed by atoms with Crippen LogP contribution in [0.5, 0.6) is 11.5 Å². The summed E-state index contributed by atoms with van der Waals surface area (Å²) in [6, 6.07) is 27.9. The fourth-order valence-electron chi connectivity index (χ4n) is 11.1. The Kier molecular flexibility index (Phi) is 24.4. The molecule has 3 aromatic heterocycles. The summed E-state index contributed by atoms with van der Waals surface area (Å²) in [7, 11) is 0. The van der Waals surface area contributed by atoms with Crippen LogP contribution in [-0.4, -0.2) is 138 Å². The molecule has 1 amide bonds. The first-order valence-electron chi connectivity index (χ1n) is 31.4. The average molecular weight is 1270 g/mol. The second-order valence-electron chi connectivity index (χ2n) is 23.5. The van der Waals surface area contributed by atoms with E-state index in [1.165, 1.54) is 34.9 Å². The number of likely N-dealkylation sites (tertiary alicyclic amines) is 1. The zero-order chi connectivity index (χ0) is 66.8. The fraction of sp³-hybridized carbons (Fsp3) is 0.389. The van der Waals surface area contributed by atoms with Crippen molar-refractivity contribution in [2.24, 2.45) is 0 Å². The second-order valence-corrected chi connectivity index (χ2v) is 23.5. The number of aromatic nitrogens is 3. The Balaban J connectivity index is 0.000000198. The van der Waals surface area contributed by atoms with Gasteiger partial charge in [0.25, 0.3) is 16.7 Å². The molecule has 0 aliphatic carbocycles. The average Bonchev–Trinajstić information content (AvgIpc) is 1.16. The van der Waals surface area contributed by atoms with Crippen molar-refractivity contribution in [1.82, 2.24) is 23.5 Å². The quantitative estimate of drug-likeness (QED) is 0.0317. The maximum absolute atomic E-state index is 13.4. The van der Waals surface area contributed by atoms with Crippen LogP contribution in [-0.2, 0) is 73.8 Å². The highest BCUT2D eigenvalue weighted by atomic mass is 16.7. The summed E-state index contributed by atoms with van der Waals surface area (Å²) >= 11 is 0. The van der Waals surface area contributed by atoms with Gasteiger partial charge in [0.15, 0.2) is 17.8 Å². The number of amides is 1. The number of pyridine rings is 3. The Hall–Kier alpha value is -9.44. The van der Waals surface area contributed by atoms with Crippen molar-refractivity contribution in [3.63, 3.8) is 0 Å². The van der Waals surface area contributed by atoms with Gasteiger partial charge in [-0.1, -0.05) is 42.5 Å². The number of aryl methyl sites for hydroxylation is 3. The van der Waals surface area contributed by atoms with Crippen molar-refractivity contribution in [2.45, 2.75) is 119 Å². The number of ether oxygens (including phenoxy) is 8. The van der Waals surface area contributed by atoms with E-state index >= 15 is 0 Å². The highest BCUT2D eigenvalue weighted by molar-refractivity contribution is 5.96. The number of nitrogens with zero attached hydrogens (tertiary/aromatic N) is 5. The minimum absolute atomic E-state index is 0.000652. The monoisotopic (exact) mass is 1270 g/mol. The van der Waals surface area contributed by atoms with E-state index < -0.39 is 29.8 Å². The van der Waals surface area contributed by atoms with Crippen LogP contribution in [0.4, 0.5) is 4.79 Å². The zero-order valence-corrected chi connectivity index (χ0v) is 54.4. The smallest absolute Gasteiger partial charge is 0.410 e. The zero-order valence-electron chi connectivity index (χ0n) is 54.4. The van der Waals surface area contributed by atoms with Crippen LogP contribution in [0.2, 0.25) is 0 Å². The summed E-state index contributed by atoms with van der Waals surface area (Å²) < 4.78 is 47.8. The molecule has 0 bridgehead atoms. The molecule has 21 nitrogen and oxygen atoms in total. The molecule has 6 heterocycles. The predicted molar refractivity (Wildman–Crippen MR) is 356 cm³/mol. The second kappa shape index (κ2) is 32.7. The molecule has 21 heteroatoms. The van der Waals surface area contributed by atoms with Crippen molar-refractivity contribution in [3.05, 3.63) is 179 Å². The summed E-state index contributed by atoms with van der Waals surface area (Å²) in [5, 5.41) is 2.58. The lowest BCUT2D eigenvalue weighted by molar-refractivity contribution is -0.138. The first kappa shape index (κ1) is 69.4. The highest BCUT2D eigenvalue weighted by Crippen LogP contribution is 2.33. The number of piperidine rings is 1. The van der Waals surface area contributed by atoms with Gasteiger partial charge < -0.3 is 66.2 Å². The first-order valence-corrected chi connectivity index (χ1v) is 31.4. The number of fused-ring (bicyclic) bond motifs is 4. The predicted octanol–water partition coefficient (Wildman–Crippen LogP) is 9.90. The summed E-state index contributed by atoms with van der Waals surface area (Å²) in [5.41, 5.74) is 7.13. The third-order valence-corrected chi connectivity index (χ3v) is 15.5. The van der Waals surface area contributed by atoms with E-state index in [1.54, 1.807) is 49.6 Å². The molecular weight excluding hydrogens is 1190 g/mol. The van der Waals surface area contributed by atoms with Crippen molar-refractivity contribution in [2.75, 3.05) is 65.9 Å². The molecule has 3 aliphatic heterocycles. The van der Waals surface area contributed by atoms with Gasteiger partial charge in [0, 0.05) is 91.4 Å². The van der Waals surface area contributed by atoms with Crippen molar-refractivity contribution >= 4 is 81.2 Å². The molecule has 0 saturated carbocycles. The standard InChI is InChI=1S/C36H45N3O7.C19H21NO5.C17H17NO4/c1-6-43-34(41)12-9-27-23-33(40)38(30-21-25(2)7-10-29(27)30)18-17-37-15-13-28(14-16-37)39(35(42)46-36(3,4)5)24-26-8-11-31-32(22-26)45-20-19-44-31;1-3-23-18(22)7-5-14-11-17(21)20(12-19-24-8-9-25-19)16-10-13(2)4-6-15(14)16;1-3-22-17(21)7-5-13-11-16(20)18(8-9-19)15-10-12(2)4-6-14(13)15/h7-12,21-23,28H,6,13-20,24H2,1-5H3;4-7,10-11,19H,3,8-9,12H2,1-2H3;4-7,9-11H,3,8H2,1-2H3/b12-9+;2*7-5+. The van der Waals surface area contributed by atoms with Crippen LogP contribution in [0, 0.1) is 20.8 Å². The maximum atomic E-state index is 13.4. The molecule has 4 aromatic carbocycles. The molecule has 3 aliphatic rings. The van der Waals surface area contributed by atoms with Crippen LogP contribution in [0.3, 0.4) is 0 Å². The number of hydrogen-bond acceptors (Lipinski definition) is 17. The Morgan fingerprint density at radius 3 is 1.48 bits per heavy atom. The minimum atomic E-state index is -0.610. The normalized spacial score (nSPS) is 14.5. The Bertz CT molecular complexity index is 4120. The van der Waals surface area contributed by atoms with Gasteiger partial charge in [-0.2, -0.15) is 0 Å². The molecule has 0 N–H and O–H groups in total. The number of carbonyl (C=O) groups excluding carboxylic acids is 5. The molecule has 93 heavy (non-hydrogen) atoms. The van der Waals surface area contributed by atoms with E-state index in [0.29, 0.717) is 107 Å². The van der Waals surface area contributed by atoms with E-state index in [2.05, 4.69) is 4.90 Å². The van der Waals surface area contributed by atoms with E-state index in [-0.39, 0.29) is 35.4 Å². The van der Waals surface area contributed by atoms with Gasteiger partial charge in [-0.25, -0.2) is 19.2 Å². The first-order chi connectivity index (χ1) is 44.6. The summed E-state index contributed by atoms with van der Waals surface area (Å²) in [6.07, 6.45) is 10.3. The van der Waals surface area contributed by atoms with Gasteiger partial charge >= 0.3 is 24.0 Å². The fourth-order valence-corrected chi connectivity index (χ4v) is 11.1. The van der Waals surface area contributed by atoms with Gasteiger partial charge in [-0.3, -0.25) is 14.4 Å². The van der Waals surface area contributed by atoms with Crippen molar-refractivity contribution < 1.29 is 61.9 Å². The van der Waals surface area contributed by atoms with Crippen molar-refractivity contribution in [3.8, 4) is 11.5 Å². The van der Waals surface area contributed by atoms with Crippen molar-refractivity contribution in [1.29, 1.82) is 0 Å².